The molecule has 2 atom stereocenters. The fourth-order valence-corrected chi connectivity index (χ4v) is 2.53. The quantitative estimate of drug-likeness (QED) is 0.691. The van der Waals surface area contributed by atoms with Crippen molar-refractivity contribution in [3.63, 3.8) is 0 Å². The molecule has 0 aliphatic heterocycles. The zero-order chi connectivity index (χ0) is 20.2. The number of carboxylic acids is 2. The van der Waals surface area contributed by atoms with E-state index in [2.05, 4.69) is 51.0 Å². The van der Waals surface area contributed by atoms with Crippen LogP contribution in [0.5, 0.6) is 0 Å². The van der Waals surface area contributed by atoms with E-state index >= 15 is 0 Å². The van der Waals surface area contributed by atoms with Crippen LogP contribution < -0.4 is 0 Å². The van der Waals surface area contributed by atoms with Gasteiger partial charge in [0.1, 0.15) is 0 Å². The maximum Gasteiger partial charge on any atom is 0.328 e. The van der Waals surface area contributed by atoms with Gasteiger partial charge in [-0.1, -0.05) is 50.6 Å². The van der Waals surface area contributed by atoms with Gasteiger partial charge in [-0.2, -0.15) is 5.26 Å². The molecule has 0 spiro atoms. The first-order chi connectivity index (χ1) is 12.2. The van der Waals surface area contributed by atoms with E-state index in [4.69, 9.17) is 10.2 Å². The predicted octanol–water partition coefficient (Wildman–Crippen LogP) is 3.16. The van der Waals surface area contributed by atoms with Gasteiger partial charge in [-0.15, -0.1) is 0 Å². The van der Waals surface area contributed by atoms with Crippen LogP contribution in [0.15, 0.2) is 42.5 Å². The molecule has 2 unspecified atom stereocenters. The van der Waals surface area contributed by atoms with Crippen molar-refractivity contribution in [2.45, 2.75) is 32.1 Å². The van der Waals surface area contributed by atoms with Gasteiger partial charge >= 0.3 is 11.9 Å². The topological polar surface area (TPSA) is 102 Å². The Hall–Kier alpha value is -2.65. The third-order valence-electron chi connectivity index (χ3n) is 4.26. The maximum absolute atomic E-state index is 9.78. The minimum absolute atomic E-state index is 0.361. The SMILES string of the molecule is CCC(C)C(C#N)(CCN(C)C)c1ccccc1.O=C(O)/C=C\C(=O)O. The number of carboxylic acid groups (broad SMARTS) is 2. The van der Waals surface area contributed by atoms with Gasteiger partial charge in [-0.05, 0) is 38.5 Å². The Labute approximate surface area is 155 Å². The Balaban J connectivity index is 0.000000660. The van der Waals surface area contributed by atoms with Crippen LogP contribution in [0.3, 0.4) is 0 Å². The molecule has 0 saturated heterocycles. The molecule has 1 aromatic rings. The number of nitriles is 1. The lowest BCUT2D eigenvalue weighted by atomic mass is 9.69. The molecule has 2 N–H and O–H groups in total. The molecule has 0 bridgehead atoms. The highest BCUT2D eigenvalue weighted by atomic mass is 16.4. The van der Waals surface area contributed by atoms with Gasteiger partial charge in [0.15, 0.2) is 0 Å². The third kappa shape index (κ3) is 7.95. The summed E-state index contributed by atoms with van der Waals surface area (Å²) < 4.78 is 0. The van der Waals surface area contributed by atoms with E-state index in [0.29, 0.717) is 18.1 Å². The van der Waals surface area contributed by atoms with Crippen LogP contribution in [-0.2, 0) is 15.0 Å². The number of benzene rings is 1. The van der Waals surface area contributed by atoms with Crippen LogP contribution in [0.2, 0.25) is 0 Å². The van der Waals surface area contributed by atoms with E-state index in [1.54, 1.807) is 0 Å². The molecule has 6 heteroatoms. The zero-order valence-corrected chi connectivity index (χ0v) is 15.8. The summed E-state index contributed by atoms with van der Waals surface area (Å²) in [4.78, 5) is 21.3. The molecule has 142 valence electrons. The fraction of sp³-hybridized carbons (Fsp3) is 0.450. The Morgan fingerprint density at radius 1 is 1.19 bits per heavy atom. The van der Waals surface area contributed by atoms with E-state index in [0.717, 1.165) is 24.9 Å². The Morgan fingerprint density at radius 2 is 1.69 bits per heavy atom. The smallest absolute Gasteiger partial charge is 0.328 e. The summed E-state index contributed by atoms with van der Waals surface area (Å²) in [5.74, 6) is -2.15. The van der Waals surface area contributed by atoms with Gasteiger partial charge in [0, 0.05) is 12.2 Å². The van der Waals surface area contributed by atoms with Crippen LogP contribution in [0.4, 0.5) is 0 Å². The summed E-state index contributed by atoms with van der Waals surface area (Å²) in [5, 5.41) is 25.4. The summed E-state index contributed by atoms with van der Waals surface area (Å²) in [6, 6.07) is 12.9. The number of hydrogen-bond donors (Lipinski definition) is 2. The number of hydrogen-bond acceptors (Lipinski definition) is 4. The van der Waals surface area contributed by atoms with Crippen LogP contribution in [-0.4, -0.2) is 47.7 Å². The van der Waals surface area contributed by atoms with E-state index in [-0.39, 0.29) is 5.41 Å². The highest BCUT2D eigenvalue weighted by Crippen LogP contribution is 2.37. The van der Waals surface area contributed by atoms with E-state index < -0.39 is 11.9 Å². The minimum atomic E-state index is -1.26. The van der Waals surface area contributed by atoms with Crippen molar-refractivity contribution in [3.05, 3.63) is 48.0 Å². The van der Waals surface area contributed by atoms with Gasteiger partial charge < -0.3 is 15.1 Å². The van der Waals surface area contributed by atoms with Crippen molar-refractivity contribution >= 4 is 11.9 Å². The molecule has 0 amide bonds. The molecule has 1 aromatic carbocycles. The van der Waals surface area contributed by atoms with Crippen LogP contribution >= 0.6 is 0 Å². The first kappa shape index (κ1) is 23.4. The van der Waals surface area contributed by atoms with E-state index in [9.17, 15) is 14.9 Å². The van der Waals surface area contributed by atoms with Crippen molar-refractivity contribution in [3.8, 4) is 6.07 Å². The molecule has 26 heavy (non-hydrogen) atoms. The predicted molar refractivity (Wildman–Crippen MR) is 101 cm³/mol. The summed E-state index contributed by atoms with van der Waals surface area (Å²) >= 11 is 0. The van der Waals surface area contributed by atoms with Crippen molar-refractivity contribution < 1.29 is 19.8 Å². The Kier molecular flexibility index (Phi) is 10.6. The van der Waals surface area contributed by atoms with Crippen LogP contribution in [0.25, 0.3) is 0 Å². The van der Waals surface area contributed by atoms with Gasteiger partial charge in [-0.3, -0.25) is 0 Å². The largest absolute Gasteiger partial charge is 0.478 e. The number of carbonyl (C=O) groups is 2. The van der Waals surface area contributed by atoms with Gasteiger partial charge in [0.2, 0.25) is 0 Å². The molecule has 6 nitrogen and oxygen atoms in total. The van der Waals surface area contributed by atoms with Crippen molar-refractivity contribution in [2.24, 2.45) is 5.92 Å². The second kappa shape index (κ2) is 11.8. The standard InChI is InChI=1S/C16H24N2.C4H4O4/c1-5-14(2)16(13-17,11-12-18(3)4)15-9-7-6-8-10-15;5-3(6)1-2-4(7)8/h6-10,14H,5,11-12H2,1-4H3;1-2H,(H,5,6)(H,7,8)/b;2-1-. The molecule has 0 aliphatic rings. The van der Waals surface area contributed by atoms with Crippen molar-refractivity contribution in [2.75, 3.05) is 20.6 Å². The monoisotopic (exact) mass is 360 g/mol. The van der Waals surface area contributed by atoms with Gasteiger partial charge in [-0.25, -0.2) is 9.59 Å². The molecule has 0 aromatic heterocycles. The van der Waals surface area contributed by atoms with E-state index in [1.807, 2.05) is 18.2 Å². The Morgan fingerprint density at radius 3 is 2.04 bits per heavy atom. The molecule has 0 radical (unpaired) electrons. The minimum Gasteiger partial charge on any atom is -0.478 e. The summed E-state index contributed by atoms with van der Waals surface area (Å²) in [6.45, 7) is 5.29. The maximum atomic E-state index is 9.78. The van der Waals surface area contributed by atoms with Gasteiger partial charge in [0.05, 0.1) is 11.5 Å². The number of aliphatic carboxylic acids is 2. The lowest BCUT2D eigenvalue weighted by molar-refractivity contribution is -0.134. The highest BCUT2D eigenvalue weighted by Gasteiger charge is 2.37. The Bertz CT molecular complexity index is 619. The molecular formula is C20H28N2O4. The summed E-state index contributed by atoms with van der Waals surface area (Å²) in [5.41, 5.74) is 0.795. The van der Waals surface area contributed by atoms with Crippen molar-refractivity contribution in [1.82, 2.24) is 4.90 Å². The average Bonchev–Trinajstić information content (AvgIpc) is 2.61. The molecule has 1 rings (SSSR count). The molecule has 0 aliphatic carbocycles. The molecular weight excluding hydrogens is 332 g/mol. The third-order valence-corrected chi connectivity index (χ3v) is 4.26. The fourth-order valence-electron chi connectivity index (χ4n) is 2.53. The number of nitrogens with zero attached hydrogens (tertiary/aromatic N) is 2. The van der Waals surface area contributed by atoms with E-state index in [1.165, 1.54) is 0 Å². The zero-order valence-electron chi connectivity index (χ0n) is 15.8. The lowest BCUT2D eigenvalue weighted by Crippen LogP contribution is -2.35. The normalized spacial score (nSPS) is 14.0. The first-order valence-electron chi connectivity index (χ1n) is 8.45. The first-order valence-corrected chi connectivity index (χ1v) is 8.45. The molecule has 0 fully saturated rings. The second-order valence-corrected chi connectivity index (χ2v) is 6.32. The van der Waals surface area contributed by atoms with Crippen molar-refractivity contribution in [1.29, 1.82) is 5.26 Å². The van der Waals surface area contributed by atoms with Crippen LogP contribution in [0.1, 0.15) is 32.3 Å². The summed E-state index contributed by atoms with van der Waals surface area (Å²) in [6.07, 6.45) is 3.02. The van der Waals surface area contributed by atoms with Crippen LogP contribution in [0, 0.1) is 17.2 Å². The van der Waals surface area contributed by atoms with Gasteiger partial charge in [0.25, 0.3) is 0 Å². The second-order valence-electron chi connectivity index (χ2n) is 6.32. The molecule has 0 heterocycles. The lowest BCUT2D eigenvalue weighted by Gasteiger charge is -2.34. The number of rotatable bonds is 8. The highest BCUT2D eigenvalue weighted by molar-refractivity contribution is 5.89. The average molecular weight is 360 g/mol. The molecule has 0 saturated carbocycles. The summed E-state index contributed by atoms with van der Waals surface area (Å²) in [7, 11) is 4.12.